The number of benzene rings is 13. The zero-order valence-corrected chi connectivity index (χ0v) is 47.0. The van der Waals surface area contributed by atoms with Crippen molar-refractivity contribution in [1.29, 1.82) is 0 Å². The van der Waals surface area contributed by atoms with Gasteiger partial charge in [-0.05, 0) is 144 Å². The van der Waals surface area contributed by atoms with Gasteiger partial charge in [0, 0.05) is 87.4 Å². The Hall–Kier alpha value is -11.3. The summed E-state index contributed by atoms with van der Waals surface area (Å²) >= 11 is 0. The lowest BCUT2D eigenvalue weighted by Gasteiger charge is -2.27. The highest BCUT2D eigenvalue weighted by atomic mass is 16.3. The molecule has 0 fully saturated rings. The molecule has 0 atom stereocenters. The van der Waals surface area contributed by atoms with Gasteiger partial charge in [-0.1, -0.05) is 170 Å². The summed E-state index contributed by atoms with van der Waals surface area (Å²) in [6, 6.07) is 97.4. The van der Waals surface area contributed by atoms with Crippen LogP contribution in [-0.2, 0) is 0 Å². The lowest BCUT2D eigenvalue weighted by atomic mass is 10.00. The molecule has 0 bridgehead atoms. The van der Waals surface area contributed by atoms with Crippen LogP contribution >= 0.6 is 0 Å². The van der Waals surface area contributed by atoms with Crippen molar-refractivity contribution in [2.24, 2.45) is 0 Å². The van der Waals surface area contributed by atoms with E-state index in [1.54, 1.807) is 0 Å². The van der Waals surface area contributed by atoms with Gasteiger partial charge in [0.25, 0.3) is 0 Å². The van der Waals surface area contributed by atoms with E-state index in [2.05, 4.69) is 287 Å². The van der Waals surface area contributed by atoms with Crippen LogP contribution in [0.15, 0.2) is 276 Å². The van der Waals surface area contributed by atoms with Crippen LogP contribution in [0.5, 0.6) is 0 Å². The normalized spacial score (nSPS) is 12.3. The minimum Gasteiger partial charge on any atom is -0.454 e. The monoisotopic (exact) mass is 1100 g/mol. The fourth-order valence-corrected chi connectivity index (χ4v) is 14.7. The molecule has 0 aliphatic carbocycles. The molecule has 6 heteroatoms. The highest BCUT2D eigenvalue weighted by molar-refractivity contribution is 6.29. The quantitative estimate of drug-likeness (QED) is 0.152. The van der Waals surface area contributed by atoms with Crippen molar-refractivity contribution in [1.82, 2.24) is 8.80 Å². The SMILES string of the molecule is Cc1ccc2c(oc3ccccc32)c1N(c1ccccc1)c1ccc(-c2ccc3c(c2)c2cccc4c5cc6c(cc5n3c24)c2cccc3c4cc(-c5ccc(N(c7ccccc7)c7c(C)ccc8c7oc7ccccc78)cc5)ccc4n6c32)cc1. The Bertz CT molecular complexity index is 5600. The lowest BCUT2D eigenvalue weighted by Crippen LogP contribution is -2.11. The van der Waals surface area contributed by atoms with Crippen molar-refractivity contribution in [3.05, 3.63) is 278 Å². The van der Waals surface area contributed by atoms with Crippen LogP contribution in [0.1, 0.15) is 11.1 Å². The van der Waals surface area contributed by atoms with Crippen molar-refractivity contribution in [2.75, 3.05) is 9.80 Å². The Labute approximate surface area is 493 Å². The maximum Gasteiger partial charge on any atom is 0.159 e. The van der Waals surface area contributed by atoms with E-state index in [4.69, 9.17) is 8.83 Å². The Morgan fingerprint density at radius 2 is 0.605 bits per heavy atom. The number of fused-ring (bicyclic) bond motifs is 18. The third kappa shape index (κ3) is 6.55. The molecule has 0 radical (unpaired) electrons. The molecule has 13 aromatic carbocycles. The first-order chi connectivity index (χ1) is 42.5. The first-order valence-corrected chi connectivity index (χ1v) is 29.6. The van der Waals surface area contributed by atoms with Crippen molar-refractivity contribution in [3.8, 4) is 22.3 Å². The molecular weight excluding hydrogens is 1050 g/mol. The molecule has 0 spiro atoms. The van der Waals surface area contributed by atoms with Gasteiger partial charge in [0.1, 0.15) is 11.2 Å². The van der Waals surface area contributed by atoms with Gasteiger partial charge in [-0.15, -0.1) is 0 Å². The lowest BCUT2D eigenvalue weighted by molar-refractivity contribution is 0.668. The largest absolute Gasteiger partial charge is 0.454 e. The number of rotatable bonds is 8. The van der Waals surface area contributed by atoms with Crippen molar-refractivity contribution in [3.63, 3.8) is 0 Å². The average Bonchev–Trinajstić information content (AvgIpc) is 1.54. The number of aryl methyl sites for hydroxylation is 2. The third-order valence-corrected chi connectivity index (χ3v) is 18.6. The van der Waals surface area contributed by atoms with Gasteiger partial charge in [0.05, 0.1) is 44.5 Å². The zero-order chi connectivity index (χ0) is 56.5. The fourth-order valence-electron chi connectivity index (χ4n) is 14.7. The summed E-state index contributed by atoms with van der Waals surface area (Å²) in [5, 5.41) is 14.6. The van der Waals surface area contributed by atoms with Crippen LogP contribution in [0, 0.1) is 13.8 Å². The maximum absolute atomic E-state index is 6.66. The molecule has 6 heterocycles. The molecule has 6 nitrogen and oxygen atoms in total. The van der Waals surface area contributed by atoms with Gasteiger partial charge in [-0.2, -0.15) is 0 Å². The van der Waals surface area contributed by atoms with Crippen molar-refractivity contribution in [2.45, 2.75) is 13.8 Å². The maximum atomic E-state index is 6.66. The van der Waals surface area contributed by atoms with E-state index < -0.39 is 0 Å². The summed E-state index contributed by atoms with van der Waals surface area (Å²) in [6.45, 7) is 4.35. The van der Waals surface area contributed by atoms with Gasteiger partial charge in [-0.25, -0.2) is 0 Å². The van der Waals surface area contributed by atoms with E-state index in [1.807, 2.05) is 12.1 Å². The van der Waals surface area contributed by atoms with Crippen LogP contribution in [0.4, 0.5) is 34.1 Å². The molecule has 19 rings (SSSR count). The van der Waals surface area contributed by atoms with Crippen molar-refractivity contribution >= 4 is 154 Å². The van der Waals surface area contributed by atoms with E-state index >= 15 is 0 Å². The fraction of sp³-hybridized carbons (Fsp3) is 0.0250. The highest BCUT2D eigenvalue weighted by Crippen LogP contribution is 2.49. The van der Waals surface area contributed by atoms with E-state index in [0.717, 1.165) is 100 Å². The predicted octanol–water partition coefficient (Wildman–Crippen LogP) is 22.7. The molecule has 0 N–H and O–H groups in total. The van der Waals surface area contributed by atoms with Gasteiger partial charge >= 0.3 is 0 Å². The number of anilines is 6. The summed E-state index contributed by atoms with van der Waals surface area (Å²) in [6.07, 6.45) is 0. The second-order valence-electron chi connectivity index (χ2n) is 23.3. The van der Waals surface area contributed by atoms with Gasteiger partial charge in [0.15, 0.2) is 11.2 Å². The standard InChI is InChI=1S/C80H50N4O2/c1-47-27-39-63-57-19-9-11-25-73(57)85-79(63)75(47)81(53-15-5-3-6-16-53)55-35-29-49(30-36-55)51-33-41-69-65(43-51)59-21-13-23-61-67-46-72-68(45-71(67)83(69)77(59)61)62-24-14-22-60-66-44-52(34-42-70(66)84(72)78(60)62)50-31-37-56(38-32-50)82(54-17-7-4-8-18-54)76-48(2)28-40-64-58-20-10-12-26-74(58)86-80(64)76/h3-46H,1-2H3. The number of hydrogen-bond acceptors (Lipinski definition) is 4. The highest BCUT2D eigenvalue weighted by Gasteiger charge is 2.26. The summed E-state index contributed by atoms with van der Waals surface area (Å²) < 4.78 is 18.4. The first-order valence-electron chi connectivity index (χ1n) is 29.6. The topological polar surface area (TPSA) is 41.6 Å². The van der Waals surface area contributed by atoms with E-state index in [-0.39, 0.29) is 0 Å². The molecule has 0 saturated heterocycles. The van der Waals surface area contributed by atoms with Crippen LogP contribution in [0.3, 0.4) is 0 Å². The summed E-state index contributed by atoms with van der Waals surface area (Å²) in [4.78, 5) is 4.68. The molecule has 0 aliphatic rings. The minimum absolute atomic E-state index is 0.888. The molecule has 86 heavy (non-hydrogen) atoms. The minimum atomic E-state index is 0.888. The Balaban J connectivity index is 0.696. The average molecular weight is 1100 g/mol. The van der Waals surface area contributed by atoms with E-state index in [1.165, 1.54) is 87.3 Å². The zero-order valence-electron chi connectivity index (χ0n) is 47.0. The van der Waals surface area contributed by atoms with Crippen LogP contribution in [-0.4, -0.2) is 8.80 Å². The Morgan fingerprint density at radius 3 is 1.02 bits per heavy atom. The van der Waals surface area contributed by atoms with Gasteiger partial charge in [0.2, 0.25) is 0 Å². The van der Waals surface area contributed by atoms with Gasteiger partial charge in [-0.3, -0.25) is 0 Å². The number of aromatic nitrogens is 2. The van der Waals surface area contributed by atoms with Crippen molar-refractivity contribution < 1.29 is 8.83 Å². The van der Waals surface area contributed by atoms with E-state index in [9.17, 15) is 0 Å². The number of para-hydroxylation sites is 6. The molecule has 6 aromatic heterocycles. The molecule has 0 unspecified atom stereocenters. The molecule has 402 valence electrons. The number of nitrogens with zero attached hydrogens (tertiary/aromatic N) is 4. The third-order valence-electron chi connectivity index (χ3n) is 18.6. The molecule has 0 amide bonds. The van der Waals surface area contributed by atoms with Gasteiger partial charge < -0.3 is 27.4 Å². The predicted molar refractivity (Wildman–Crippen MR) is 360 cm³/mol. The number of hydrogen-bond donors (Lipinski definition) is 0. The van der Waals surface area contributed by atoms with E-state index in [0.29, 0.717) is 0 Å². The smallest absolute Gasteiger partial charge is 0.159 e. The second kappa shape index (κ2) is 17.6. The summed E-state index contributed by atoms with van der Waals surface area (Å²) in [5.74, 6) is 0. The summed E-state index contributed by atoms with van der Waals surface area (Å²) in [5.41, 5.74) is 24.3. The van der Waals surface area contributed by atoms with Crippen LogP contribution < -0.4 is 9.80 Å². The second-order valence-corrected chi connectivity index (χ2v) is 23.3. The summed E-state index contributed by atoms with van der Waals surface area (Å²) in [7, 11) is 0. The first kappa shape index (κ1) is 47.2. The molecule has 0 aliphatic heterocycles. The molecular formula is C80H50N4O2. The molecule has 19 aromatic rings. The van der Waals surface area contributed by atoms with Crippen LogP contribution in [0.25, 0.3) is 142 Å². The van der Waals surface area contributed by atoms with Crippen LogP contribution in [0.2, 0.25) is 0 Å². The Kier molecular flexibility index (Phi) is 9.65. The Morgan fingerprint density at radius 1 is 0.256 bits per heavy atom. The molecule has 0 saturated carbocycles. The number of furan rings is 2.